The number of hydrogen-bond acceptors (Lipinski definition) is 3. The highest BCUT2D eigenvalue weighted by atomic mass is 16.5. The fraction of sp³-hybridized carbons (Fsp3) is 0.611. The molecule has 1 aromatic rings. The van der Waals surface area contributed by atoms with Gasteiger partial charge in [-0.25, -0.2) is 0 Å². The number of nitrogens with zero attached hydrogens (tertiary/aromatic N) is 1. The molecule has 0 radical (unpaired) electrons. The zero-order valence-corrected chi connectivity index (χ0v) is 14.0. The number of ether oxygens (including phenoxy) is 1. The summed E-state index contributed by atoms with van der Waals surface area (Å²) in [6.07, 6.45) is 4.09. The fourth-order valence-electron chi connectivity index (χ4n) is 3.09. The standard InChI is InChI=1S/C18H28N2O2/c1-14-12-16(4-6-17(14)22-3)13-20(2)18(21)7-5-15-8-10-19-11-9-15/h4,6,12,15,19H,5,7-11,13H2,1-3H3. The maximum absolute atomic E-state index is 12.3. The number of rotatable bonds is 6. The van der Waals surface area contributed by atoms with Crippen LogP contribution in [0.3, 0.4) is 0 Å². The molecule has 0 saturated carbocycles. The van der Waals surface area contributed by atoms with Gasteiger partial charge in [0.1, 0.15) is 5.75 Å². The average Bonchev–Trinajstić information content (AvgIpc) is 2.53. The summed E-state index contributed by atoms with van der Waals surface area (Å²) in [7, 11) is 3.57. The number of hydrogen-bond donors (Lipinski definition) is 1. The van der Waals surface area contributed by atoms with Crippen LogP contribution in [0.15, 0.2) is 18.2 Å². The molecule has 1 heterocycles. The van der Waals surface area contributed by atoms with E-state index in [1.807, 2.05) is 31.0 Å². The van der Waals surface area contributed by atoms with Crippen LogP contribution in [-0.4, -0.2) is 38.1 Å². The molecule has 0 spiro atoms. The molecule has 0 unspecified atom stereocenters. The molecular formula is C18H28N2O2. The van der Waals surface area contributed by atoms with Crippen LogP contribution >= 0.6 is 0 Å². The Hall–Kier alpha value is -1.55. The molecule has 1 aliphatic heterocycles. The highest BCUT2D eigenvalue weighted by molar-refractivity contribution is 5.75. The van der Waals surface area contributed by atoms with Crippen molar-refractivity contribution in [2.75, 3.05) is 27.2 Å². The van der Waals surface area contributed by atoms with Gasteiger partial charge in [0.2, 0.25) is 5.91 Å². The molecule has 1 N–H and O–H groups in total. The normalized spacial score (nSPS) is 15.6. The molecule has 1 aromatic carbocycles. The van der Waals surface area contributed by atoms with Crippen molar-refractivity contribution in [3.63, 3.8) is 0 Å². The molecule has 0 aliphatic carbocycles. The summed E-state index contributed by atoms with van der Waals surface area (Å²) in [5.41, 5.74) is 2.26. The number of aryl methyl sites for hydroxylation is 1. The van der Waals surface area contributed by atoms with Gasteiger partial charge < -0.3 is 15.0 Å². The Bertz CT molecular complexity index is 496. The summed E-state index contributed by atoms with van der Waals surface area (Å²) in [4.78, 5) is 14.1. The first kappa shape index (κ1) is 16.8. The van der Waals surface area contributed by atoms with Gasteiger partial charge in [-0.1, -0.05) is 12.1 Å². The van der Waals surface area contributed by atoms with Crippen molar-refractivity contribution in [3.8, 4) is 5.75 Å². The maximum Gasteiger partial charge on any atom is 0.222 e. The van der Waals surface area contributed by atoms with Crippen LogP contribution in [0.4, 0.5) is 0 Å². The van der Waals surface area contributed by atoms with Crippen molar-refractivity contribution in [1.82, 2.24) is 10.2 Å². The second kappa shape index (κ2) is 8.18. The molecule has 1 amide bonds. The van der Waals surface area contributed by atoms with Crippen molar-refractivity contribution in [2.45, 2.75) is 39.2 Å². The van der Waals surface area contributed by atoms with Gasteiger partial charge in [-0.3, -0.25) is 4.79 Å². The Morgan fingerprint density at radius 3 is 2.73 bits per heavy atom. The highest BCUT2D eigenvalue weighted by Crippen LogP contribution is 2.21. The van der Waals surface area contributed by atoms with Crippen molar-refractivity contribution < 1.29 is 9.53 Å². The Kier molecular flexibility index (Phi) is 6.25. The Labute approximate surface area is 133 Å². The van der Waals surface area contributed by atoms with Crippen LogP contribution < -0.4 is 10.1 Å². The zero-order chi connectivity index (χ0) is 15.9. The van der Waals surface area contributed by atoms with E-state index in [4.69, 9.17) is 4.74 Å². The van der Waals surface area contributed by atoms with E-state index in [0.29, 0.717) is 18.9 Å². The van der Waals surface area contributed by atoms with E-state index < -0.39 is 0 Å². The number of piperidine rings is 1. The van der Waals surface area contributed by atoms with Crippen molar-refractivity contribution in [2.24, 2.45) is 5.92 Å². The number of methoxy groups -OCH3 is 1. The molecule has 22 heavy (non-hydrogen) atoms. The lowest BCUT2D eigenvalue weighted by molar-refractivity contribution is -0.130. The van der Waals surface area contributed by atoms with Crippen molar-refractivity contribution >= 4 is 5.91 Å². The highest BCUT2D eigenvalue weighted by Gasteiger charge is 2.16. The van der Waals surface area contributed by atoms with Gasteiger partial charge >= 0.3 is 0 Å². The minimum absolute atomic E-state index is 0.243. The molecule has 0 atom stereocenters. The van der Waals surface area contributed by atoms with E-state index in [0.717, 1.165) is 36.4 Å². The third kappa shape index (κ3) is 4.73. The number of carbonyl (C=O) groups excluding carboxylic acids is 1. The number of amides is 1. The molecular weight excluding hydrogens is 276 g/mol. The van der Waals surface area contributed by atoms with Crippen LogP contribution in [0.1, 0.15) is 36.8 Å². The summed E-state index contributed by atoms with van der Waals surface area (Å²) >= 11 is 0. The van der Waals surface area contributed by atoms with Gasteiger partial charge in [-0.2, -0.15) is 0 Å². The van der Waals surface area contributed by atoms with Gasteiger partial charge in [-0.05, 0) is 62.4 Å². The molecule has 2 rings (SSSR count). The third-order valence-electron chi connectivity index (χ3n) is 4.53. The van der Waals surface area contributed by atoms with Crippen molar-refractivity contribution in [3.05, 3.63) is 29.3 Å². The van der Waals surface area contributed by atoms with E-state index in [1.54, 1.807) is 7.11 Å². The van der Waals surface area contributed by atoms with Gasteiger partial charge in [-0.15, -0.1) is 0 Å². The minimum Gasteiger partial charge on any atom is -0.496 e. The first-order valence-electron chi connectivity index (χ1n) is 8.18. The topological polar surface area (TPSA) is 41.6 Å². The monoisotopic (exact) mass is 304 g/mol. The Morgan fingerprint density at radius 1 is 1.36 bits per heavy atom. The van der Waals surface area contributed by atoms with Gasteiger partial charge in [0.15, 0.2) is 0 Å². The van der Waals surface area contributed by atoms with Crippen LogP contribution in [0, 0.1) is 12.8 Å². The lowest BCUT2D eigenvalue weighted by atomic mass is 9.93. The summed E-state index contributed by atoms with van der Waals surface area (Å²) in [6, 6.07) is 6.09. The first-order valence-corrected chi connectivity index (χ1v) is 8.18. The maximum atomic E-state index is 12.3. The lowest BCUT2D eigenvalue weighted by Crippen LogP contribution is -2.30. The smallest absolute Gasteiger partial charge is 0.222 e. The van der Waals surface area contributed by atoms with E-state index in [9.17, 15) is 4.79 Å². The van der Waals surface area contributed by atoms with Crippen molar-refractivity contribution in [1.29, 1.82) is 0 Å². The molecule has 122 valence electrons. The van der Waals surface area contributed by atoms with Crippen LogP contribution in [0.5, 0.6) is 5.75 Å². The van der Waals surface area contributed by atoms with Crippen LogP contribution in [0.25, 0.3) is 0 Å². The van der Waals surface area contributed by atoms with Crippen LogP contribution in [0.2, 0.25) is 0 Å². The molecule has 4 heteroatoms. The predicted octanol–water partition coefficient (Wildman–Crippen LogP) is 2.74. The molecule has 0 aromatic heterocycles. The second-order valence-electron chi connectivity index (χ2n) is 6.29. The molecule has 1 aliphatic rings. The molecule has 4 nitrogen and oxygen atoms in total. The first-order chi connectivity index (χ1) is 10.6. The van der Waals surface area contributed by atoms with Crippen LogP contribution in [-0.2, 0) is 11.3 Å². The minimum atomic E-state index is 0.243. The second-order valence-corrected chi connectivity index (χ2v) is 6.29. The predicted molar refractivity (Wildman–Crippen MR) is 89.0 cm³/mol. The lowest BCUT2D eigenvalue weighted by Gasteiger charge is -2.24. The quantitative estimate of drug-likeness (QED) is 0.878. The Balaban J connectivity index is 1.81. The van der Waals surface area contributed by atoms with Gasteiger partial charge in [0, 0.05) is 20.0 Å². The Morgan fingerprint density at radius 2 is 2.09 bits per heavy atom. The SMILES string of the molecule is COc1ccc(CN(C)C(=O)CCC2CCNCC2)cc1C. The fourth-order valence-corrected chi connectivity index (χ4v) is 3.09. The van der Waals surface area contributed by atoms with Gasteiger partial charge in [0.25, 0.3) is 0 Å². The van der Waals surface area contributed by atoms with E-state index in [2.05, 4.69) is 11.4 Å². The summed E-state index contributed by atoms with van der Waals surface area (Å²) in [5, 5.41) is 3.37. The summed E-state index contributed by atoms with van der Waals surface area (Å²) < 4.78 is 5.27. The average molecular weight is 304 g/mol. The number of carbonyl (C=O) groups is 1. The summed E-state index contributed by atoms with van der Waals surface area (Å²) in [5.74, 6) is 1.84. The van der Waals surface area contributed by atoms with E-state index in [-0.39, 0.29) is 5.91 Å². The molecule has 0 bridgehead atoms. The number of nitrogens with one attached hydrogen (secondary N) is 1. The largest absolute Gasteiger partial charge is 0.496 e. The summed E-state index contributed by atoms with van der Waals surface area (Å²) in [6.45, 7) is 4.89. The number of benzene rings is 1. The van der Waals surface area contributed by atoms with E-state index >= 15 is 0 Å². The third-order valence-corrected chi connectivity index (χ3v) is 4.53. The van der Waals surface area contributed by atoms with E-state index in [1.165, 1.54) is 12.8 Å². The van der Waals surface area contributed by atoms with Gasteiger partial charge in [0.05, 0.1) is 7.11 Å². The zero-order valence-electron chi connectivity index (χ0n) is 14.0. The molecule has 1 saturated heterocycles. The molecule has 1 fully saturated rings.